The van der Waals surface area contributed by atoms with E-state index >= 15 is 0 Å². The number of rotatable bonds is 3. The van der Waals surface area contributed by atoms with E-state index in [1.165, 1.54) is 0 Å². The molecule has 5 nitrogen and oxygen atoms in total. The molecule has 0 spiro atoms. The number of fused-ring (bicyclic) bond motifs is 1. The molecule has 1 N–H and O–H groups in total. The summed E-state index contributed by atoms with van der Waals surface area (Å²) < 4.78 is 30.0. The topological polar surface area (TPSA) is 63.5 Å². The van der Waals surface area contributed by atoms with Crippen LogP contribution in [0.25, 0.3) is 5.65 Å². The molecule has 0 radical (unpaired) electrons. The van der Waals surface area contributed by atoms with Gasteiger partial charge >= 0.3 is 0 Å². The molecule has 2 aromatic heterocycles. The highest BCUT2D eigenvalue weighted by Gasteiger charge is 2.21. The Morgan fingerprint density at radius 2 is 1.77 bits per heavy atom. The number of hydrogen-bond acceptors (Lipinski definition) is 3. The quantitative estimate of drug-likeness (QED) is 0.808. The smallest absolute Gasteiger partial charge is 0.262 e. The van der Waals surface area contributed by atoms with Gasteiger partial charge in [0.15, 0.2) is 5.65 Å². The molecule has 2 heterocycles. The average Bonchev–Trinajstić information content (AvgIpc) is 2.85. The van der Waals surface area contributed by atoms with E-state index in [2.05, 4.69) is 9.71 Å². The molecule has 0 saturated heterocycles. The third-order valence-corrected chi connectivity index (χ3v) is 5.21. The summed E-state index contributed by atoms with van der Waals surface area (Å²) >= 11 is 0. The van der Waals surface area contributed by atoms with Crippen LogP contribution in [0, 0.1) is 20.8 Å². The van der Waals surface area contributed by atoms with Gasteiger partial charge < -0.3 is 4.40 Å². The fourth-order valence-corrected chi connectivity index (χ4v) is 4.33. The van der Waals surface area contributed by atoms with Crippen LogP contribution in [0.5, 0.6) is 0 Å². The Morgan fingerprint density at radius 3 is 2.45 bits per heavy atom. The van der Waals surface area contributed by atoms with Gasteiger partial charge in [-0.2, -0.15) is 0 Å². The maximum absolute atomic E-state index is 12.8. The maximum atomic E-state index is 12.8. The number of nitrogens with one attached hydrogen (secondary N) is 1. The number of nitrogens with zero attached hydrogens (tertiary/aromatic N) is 2. The molecule has 3 rings (SSSR count). The summed E-state index contributed by atoms with van der Waals surface area (Å²) in [5.74, 6) is 0. The Morgan fingerprint density at radius 1 is 1.09 bits per heavy atom. The largest absolute Gasteiger partial charge is 0.305 e. The van der Waals surface area contributed by atoms with E-state index in [1.54, 1.807) is 28.9 Å². The van der Waals surface area contributed by atoms with Gasteiger partial charge in [-0.15, -0.1) is 0 Å². The zero-order valence-electron chi connectivity index (χ0n) is 12.7. The lowest BCUT2D eigenvalue weighted by atomic mass is 10.1. The van der Waals surface area contributed by atoms with Crippen molar-refractivity contribution in [1.82, 2.24) is 9.38 Å². The molecule has 0 unspecified atom stereocenters. The average molecular weight is 315 g/mol. The second kappa shape index (κ2) is 5.14. The lowest BCUT2D eigenvalue weighted by molar-refractivity contribution is 0.600. The Kier molecular flexibility index (Phi) is 3.41. The number of hydrogen-bond donors (Lipinski definition) is 1. The van der Waals surface area contributed by atoms with E-state index in [4.69, 9.17) is 0 Å². The second-order valence-corrected chi connectivity index (χ2v) is 7.03. The van der Waals surface area contributed by atoms with Crippen molar-refractivity contribution in [2.75, 3.05) is 4.72 Å². The van der Waals surface area contributed by atoms with E-state index in [0.717, 1.165) is 16.7 Å². The molecule has 6 heteroatoms. The summed E-state index contributed by atoms with van der Waals surface area (Å²) in [7, 11) is -3.66. The van der Waals surface area contributed by atoms with Crippen LogP contribution in [0.3, 0.4) is 0 Å². The Hall–Kier alpha value is -2.34. The first-order valence-electron chi connectivity index (χ1n) is 6.91. The summed E-state index contributed by atoms with van der Waals surface area (Å²) in [5.41, 5.74) is 3.56. The summed E-state index contributed by atoms with van der Waals surface area (Å²) in [6, 6.07) is 7.23. The molecule has 0 fully saturated rings. The van der Waals surface area contributed by atoms with Crippen molar-refractivity contribution in [2.24, 2.45) is 0 Å². The van der Waals surface area contributed by atoms with Gasteiger partial charge in [-0.1, -0.05) is 17.7 Å². The van der Waals surface area contributed by atoms with Gasteiger partial charge in [0.05, 0.1) is 10.6 Å². The van der Waals surface area contributed by atoms with Crippen molar-refractivity contribution < 1.29 is 8.42 Å². The second-order valence-electron chi connectivity index (χ2n) is 5.41. The number of sulfonamides is 1. The van der Waals surface area contributed by atoms with Crippen LogP contribution in [0.15, 0.2) is 47.8 Å². The fourth-order valence-electron chi connectivity index (χ4n) is 2.81. The Balaban J connectivity index is 2.10. The molecule has 0 atom stereocenters. The number of pyridine rings is 1. The molecule has 0 aliphatic carbocycles. The van der Waals surface area contributed by atoms with Gasteiger partial charge in [0.25, 0.3) is 10.0 Å². The zero-order valence-corrected chi connectivity index (χ0v) is 13.5. The van der Waals surface area contributed by atoms with Crippen LogP contribution in [0.2, 0.25) is 0 Å². The standard InChI is InChI=1S/C16H17N3O2S/c1-11-9-12(2)15(13(3)10-11)22(20,21)18-14-5-4-7-19-8-6-17-16(14)19/h4-10,18H,1-3H3. The van der Waals surface area contributed by atoms with Gasteiger partial charge in [0.2, 0.25) is 0 Å². The molecule has 0 saturated carbocycles. The molecule has 0 amide bonds. The monoisotopic (exact) mass is 315 g/mol. The highest BCUT2D eigenvalue weighted by atomic mass is 32.2. The van der Waals surface area contributed by atoms with Gasteiger partial charge in [0.1, 0.15) is 0 Å². The van der Waals surface area contributed by atoms with Crippen LogP contribution >= 0.6 is 0 Å². The minimum absolute atomic E-state index is 0.326. The summed E-state index contributed by atoms with van der Waals surface area (Å²) in [5, 5.41) is 0. The molecular formula is C16H17N3O2S. The van der Waals surface area contributed by atoms with Crippen LogP contribution in [0.4, 0.5) is 5.69 Å². The SMILES string of the molecule is Cc1cc(C)c(S(=O)(=O)Nc2cccn3ccnc23)c(C)c1. The third kappa shape index (κ3) is 2.46. The third-order valence-electron chi connectivity index (χ3n) is 3.54. The molecule has 0 aliphatic heterocycles. The normalized spacial score (nSPS) is 11.8. The molecule has 0 aliphatic rings. The number of aryl methyl sites for hydroxylation is 3. The molecule has 0 bridgehead atoms. The molecule has 22 heavy (non-hydrogen) atoms. The van der Waals surface area contributed by atoms with Gasteiger partial charge in [0, 0.05) is 18.6 Å². The fraction of sp³-hybridized carbons (Fsp3) is 0.188. The van der Waals surface area contributed by atoms with Crippen molar-refractivity contribution in [3.8, 4) is 0 Å². The van der Waals surface area contributed by atoms with E-state index < -0.39 is 10.0 Å². The molecule has 3 aromatic rings. The highest BCUT2D eigenvalue weighted by molar-refractivity contribution is 7.92. The Labute approximate surface area is 129 Å². The predicted octanol–water partition coefficient (Wildman–Crippen LogP) is 3.06. The molecule has 1 aromatic carbocycles. The van der Waals surface area contributed by atoms with E-state index in [-0.39, 0.29) is 0 Å². The lowest BCUT2D eigenvalue weighted by Gasteiger charge is -2.14. The summed E-state index contributed by atoms with van der Waals surface area (Å²) in [4.78, 5) is 4.52. The number of aromatic nitrogens is 2. The number of anilines is 1. The lowest BCUT2D eigenvalue weighted by Crippen LogP contribution is -2.16. The number of benzene rings is 1. The van der Waals surface area contributed by atoms with Gasteiger partial charge in [-0.05, 0) is 44.0 Å². The minimum atomic E-state index is -3.66. The van der Waals surface area contributed by atoms with Crippen LogP contribution in [-0.4, -0.2) is 17.8 Å². The van der Waals surface area contributed by atoms with E-state index in [0.29, 0.717) is 16.2 Å². The van der Waals surface area contributed by atoms with Crippen molar-refractivity contribution in [3.63, 3.8) is 0 Å². The number of imidazole rings is 1. The molecule has 114 valence electrons. The van der Waals surface area contributed by atoms with Crippen molar-refractivity contribution in [3.05, 3.63) is 59.5 Å². The molecular weight excluding hydrogens is 298 g/mol. The zero-order chi connectivity index (χ0) is 15.9. The highest BCUT2D eigenvalue weighted by Crippen LogP contribution is 2.25. The maximum Gasteiger partial charge on any atom is 0.262 e. The summed E-state index contributed by atoms with van der Waals surface area (Å²) in [6.45, 7) is 5.57. The van der Waals surface area contributed by atoms with Crippen LogP contribution < -0.4 is 4.72 Å². The van der Waals surface area contributed by atoms with Gasteiger partial charge in [-0.25, -0.2) is 13.4 Å². The van der Waals surface area contributed by atoms with Crippen LogP contribution in [-0.2, 0) is 10.0 Å². The van der Waals surface area contributed by atoms with E-state index in [1.807, 2.05) is 39.1 Å². The first kappa shape index (κ1) is 14.6. The first-order valence-corrected chi connectivity index (χ1v) is 8.39. The van der Waals surface area contributed by atoms with Crippen molar-refractivity contribution >= 4 is 21.4 Å². The first-order chi connectivity index (χ1) is 10.4. The Bertz CT molecular complexity index is 935. The minimum Gasteiger partial charge on any atom is -0.305 e. The van der Waals surface area contributed by atoms with Crippen molar-refractivity contribution in [2.45, 2.75) is 25.7 Å². The predicted molar refractivity (Wildman–Crippen MR) is 86.7 cm³/mol. The van der Waals surface area contributed by atoms with Crippen molar-refractivity contribution in [1.29, 1.82) is 0 Å². The summed E-state index contributed by atoms with van der Waals surface area (Å²) in [6.07, 6.45) is 5.23. The van der Waals surface area contributed by atoms with E-state index in [9.17, 15) is 8.42 Å². The van der Waals surface area contributed by atoms with Gasteiger partial charge in [-0.3, -0.25) is 4.72 Å². The van der Waals surface area contributed by atoms with Crippen LogP contribution in [0.1, 0.15) is 16.7 Å².